The van der Waals surface area contributed by atoms with Crippen LogP contribution in [0.2, 0.25) is 0 Å². The molecule has 20 heteroatoms. The number of carboxylic acid groups (broad SMARTS) is 2. The Morgan fingerprint density at radius 1 is 0.514 bits per heavy atom. The van der Waals surface area contributed by atoms with Crippen molar-refractivity contribution in [3.05, 3.63) is 142 Å². The molecule has 6 aromatic rings. The third-order valence-corrected chi connectivity index (χ3v) is 13.2. The summed E-state index contributed by atoms with van der Waals surface area (Å²) in [7, 11) is 7.03. The van der Waals surface area contributed by atoms with Crippen molar-refractivity contribution in [2.45, 2.75) is 52.9 Å². The highest BCUT2D eigenvalue weighted by molar-refractivity contribution is 7.20. The molecule has 2 amide bonds. The fourth-order valence-corrected chi connectivity index (χ4v) is 9.93. The number of amides is 2. The Morgan fingerprint density at radius 2 is 0.843 bits per heavy atom. The van der Waals surface area contributed by atoms with Gasteiger partial charge < -0.3 is 40.3 Å². The first-order valence-electron chi connectivity index (χ1n) is 22.0. The topological polar surface area (TPSA) is 164 Å². The van der Waals surface area contributed by atoms with Gasteiger partial charge >= 0.3 is 24.1 Å². The summed E-state index contributed by atoms with van der Waals surface area (Å²) in [5.41, 5.74) is 8.13. The number of hydrogen-bond acceptors (Lipinski definition) is 12. The van der Waals surface area contributed by atoms with Crippen molar-refractivity contribution in [1.82, 2.24) is 9.80 Å². The number of carbonyl (C=O) groups excluding carboxylic acids is 2. The number of hydrogen-bond donors (Lipinski definition) is 4. The van der Waals surface area contributed by atoms with Crippen LogP contribution in [0.4, 0.5) is 48.5 Å². The lowest BCUT2D eigenvalue weighted by Crippen LogP contribution is -2.32. The zero-order valence-electron chi connectivity index (χ0n) is 39.2. The standard InChI is InChI=1S/C50H52F4N6O8S2/c1-7-23-67-49(65)59(27-33-37(51)11-9-12-38(33)52)45-41(47(61)62)35(25-57(3)4)43(69-45)29-15-19-31(20-16-29)55-56-32-21-17-30(18-22-32)44-36(26-58(5)6)42(48(63)64)46(70-44)60(50(66)68-24-8-2)28-34-39(53)13-10-14-40(34)54/h9-22,55-56H,7-8,23-28H2,1-6H3,(H,61,62)(H,63,64). The number of ether oxygens (including phenoxy) is 2. The number of anilines is 4. The molecule has 2 heterocycles. The van der Waals surface area contributed by atoms with E-state index in [-0.39, 0.29) is 47.4 Å². The summed E-state index contributed by atoms with van der Waals surface area (Å²) in [5, 5.41) is 21.1. The number of halogens is 4. The summed E-state index contributed by atoms with van der Waals surface area (Å²) in [5.74, 6) is -6.31. The molecule has 0 spiro atoms. The lowest BCUT2D eigenvalue weighted by molar-refractivity contribution is 0.0685. The average molecular weight is 1010 g/mol. The molecule has 370 valence electrons. The summed E-state index contributed by atoms with van der Waals surface area (Å²) < 4.78 is 70.6. The number of nitrogens with zero attached hydrogens (tertiary/aromatic N) is 4. The summed E-state index contributed by atoms with van der Waals surface area (Å²) in [6.07, 6.45) is -1.01. The number of carboxylic acids is 2. The van der Waals surface area contributed by atoms with Crippen LogP contribution in [0.3, 0.4) is 0 Å². The molecule has 0 aliphatic rings. The summed E-state index contributed by atoms with van der Waals surface area (Å²) in [6, 6.07) is 20.6. The zero-order valence-corrected chi connectivity index (χ0v) is 40.8. The molecule has 0 bridgehead atoms. The van der Waals surface area contributed by atoms with Crippen LogP contribution < -0.4 is 20.7 Å². The van der Waals surface area contributed by atoms with Gasteiger partial charge in [0.25, 0.3) is 0 Å². The second-order valence-corrected chi connectivity index (χ2v) is 18.5. The molecule has 0 radical (unpaired) electrons. The van der Waals surface area contributed by atoms with Gasteiger partial charge in [0.1, 0.15) is 33.3 Å². The van der Waals surface area contributed by atoms with Crippen LogP contribution in [0.25, 0.3) is 20.9 Å². The van der Waals surface area contributed by atoms with E-state index in [9.17, 15) is 47.0 Å². The normalized spacial score (nSPS) is 11.2. The summed E-state index contributed by atoms with van der Waals surface area (Å²) in [4.78, 5) is 59.6. The fourth-order valence-electron chi connectivity index (χ4n) is 7.34. The van der Waals surface area contributed by atoms with Crippen LogP contribution in [-0.2, 0) is 35.7 Å². The van der Waals surface area contributed by atoms with E-state index in [2.05, 4.69) is 10.9 Å². The van der Waals surface area contributed by atoms with Crippen molar-refractivity contribution in [2.24, 2.45) is 0 Å². The fraction of sp³-hybridized carbons (Fsp3) is 0.280. The van der Waals surface area contributed by atoms with Crippen LogP contribution in [-0.4, -0.2) is 85.5 Å². The van der Waals surface area contributed by atoms with E-state index in [1.807, 2.05) is 0 Å². The van der Waals surface area contributed by atoms with Crippen molar-refractivity contribution in [3.8, 4) is 20.9 Å². The van der Waals surface area contributed by atoms with Crippen molar-refractivity contribution < 1.29 is 56.4 Å². The monoisotopic (exact) mass is 1000 g/mol. The Balaban J connectivity index is 1.30. The van der Waals surface area contributed by atoms with Crippen molar-refractivity contribution in [1.29, 1.82) is 0 Å². The first kappa shape index (κ1) is 52.4. The van der Waals surface area contributed by atoms with E-state index in [1.165, 1.54) is 12.1 Å². The molecule has 6 rings (SSSR count). The van der Waals surface area contributed by atoms with Gasteiger partial charge in [-0.25, -0.2) is 36.7 Å². The van der Waals surface area contributed by atoms with E-state index in [0.29, 0.717) is 56.2 Å². The predicted molar refractivity (Wildman–Crippen MR) is 264 cm³/mol. The molecule has 4 aromatic carbocycles. The van der Waals surface area contributed by atoms with Gasteiger partial charge in [0.2, 0.25) is 0 Å². The smallest absolute Gasteiger partial charge is 0.415 e. The Morgan fingerprint density at radius 3 is 1.13 bits per heavy atom. The number of aromatic carboxylic acids is 2. The molecule has 14 nitrogen and oxygen atoms in total. The Kier molecular flexibility index (Phi) is 17.6. The van der Waals surface area contributed by atoms with Gasteiger partial charge in [-0.05, 0) is 101 Å². The second kappa shape index (κ2) is 23.5. The molecule has 0 saturated carbocycles. The van der Waals surface area contributed by atoms with Crippen molar-refractivity contribution >= 4 is 68.2 Å². The largest absolute Gasteiger partial charge is 0.478 e. The molecular weight excluding hydrogens is 953 g/mol. The minimum Gasteiger partial charge on any atom is -0.478 e. The highest BCUT2D eigenvalue weighted by atomic mass is 32.1. The SMILES string of the molecule is CCCOC(=O)N(Cc1c(F)cccc1F)c1sc(-c2ccc(NNc3ccc(-c4sc(N(Cc5c(F)cccc5F)C(=O)OCCC)c(C(=O)O)c4CN(C)C)cc3)cc2)c(CN(C)C)c1C(=O)O. The van der Waals surface area contributed by atoms with Crippen LogP contribution in [0, 0.1) is 23.3 Å². The van der Waals surface area contributed by atoms with Gasteiger partial charge in [0.15, 0.2) is 0 Å². The van der Waals surface area contributed by atoms with Crippen LogP contribution in [0.15, 0.2) is 84.9 Å². The molecule has 0 atom stereocenters. The molecule has 70 heavy (non-hydrogen) atoms. The maximum Gasteiger partial charge on any atom is 0.415 e. The number of thiophene rings is 2. The minimum absolute atomic E-state index is 0.00498. The van der Waals surface area contributed by atoms with Gasteiger partial charge in [-0.15, -0.1) is 22.7 Å². The lowest BCUT2D eigenvalue weighted by Gasteiger charge is -2.22. The summed E-state index contributed by atoms with van der Waals surface area (Å²) in [6.45, 7) is 2.59. The number of nitrogens with one attached hydrogen (secondary N) is 2. The van der Waals surface area contributed by atoms with E-state index in [4.69, 9.17) is 9.47 Å². The Labute approximate surface area is 410 Å². The quantitative estimate of drug-likeness (QED) is 0.0399. The number of benzene rings is 4. The number of rotatable bonds is 21. The average Bonchev–Trinajstić information content (AvgIpc) is 3.87. The van der Waals surface area contributed by atoms with Gasteiger partial charge in [-0.2, -0.15) is 0 Å². The van der Waals surface area contributed by atoms with Crippen LogP contribution >= 0.6 is 22.7 Å². The zero-order chi connectivity index (χ0) is 50.8. The highest BCUT2D eigenvalue weighted by Gasteiger charge is 2.34. The predicted octanol–water partition coefficient (Wildman–Crippen LogP) is 11.8. The third-order valence-electron chi connectivity index (χ3n) is 10.5. The highest BCUT2D eigenvalue weighted by Crippen LogP contribution is 2.46. The number of carbonyl (C=O) groups is 4. The first-order chi connectivity index (χ1) is 33.4. The van der Waals surface area contributed by atoms with Crippen LogP contribution in [0.1, 0.15) is 69.7 Å². The Bertz CT molecular complexity index is 2610. The molecular formula is C50H52F4N6O8S2. The van der Waals surface area contributed by atoms with Crippen molar-refractivity contribution in [2.75, 3.05) is 62.1 Å². The molecule has 4 N–H and O–H groups in total. The molecule has 0 unspecified atom stereocenters. The maximum absolute atomic E-state index is 15.0. The van der Waals surface area contributed by atoms with Gasteiger partial charge in [0.05, 0.1) is 48.8 Å². The third kappa shape index (κ3) is 12.2. The second-order valence-electron chi connectivity index (χ2n) is 16.5. The molecule has 0 saturated heterocycles. The van der Waals surface area contributed by atoms with Crippen molar-refractivity contribution in [3.63, 3.8) is 0 Å². The number of hydrazine groups is 1. The molecule has 2 aromatic heterocycles. The van der Waals surface area contributed by atoms with E-state index >= 15 is 0 Å². The molecule has 0 fully saturated rings. The van der Waals surface area contributed by atoms with Gasteiger partial charge in [0, 0.05) is 45.1 Å². The van der Waals surface area contributed by atoms with E-state index < -0.39 is 71.6 Å². The minimum atomic E-state index is -1.34. The van der Waals surface area contributed by atoms with Crippen LogP contribution in [0.5, 0.6) is 0 Å². The molecule has 0 aliphatic heterocycles. The maximum atomic E-state index is 15.0. The van der Waals surface area contributed by atoms with Gasteiger partial charge in [-0.1, -0.05) is 50.2 Å². The molecule has 0 aliphatic carbocycles. The van der Waals surface area contributed by atoms with E-state index in [0.717, 1.165) is 56.7 Å². The summed E-state index contributed by atoms with van der Waals surface area (Å²) >= 11 is 1.98. The van der Waals surface area contributed by atoms with Gasteiger partial charge in [-0.3, -0.25) is 9.80 Å². The Hall–Kier alpha value is -7.00. The first-order valence-corrected chi connectivity index (χ1v) is 23.6. The van der Waals surface area contributed by atoms with E-state index in [1.54, 1.807) is 100 Å². The lowest BCUT2D eigenvalue weighted by atomic mass is 10.0.